The molecule has 11 heteroatoms. The van der Waals surface area contributed by atoms with Crippen molar-refractivity contribution >= 4 is 30.7 Å². The highest BCUT2D eigenvalue weighted by Gasteiger charge is 2.68. The highest BCUT2D eigenvalue weighted by molar-refractivity contribution is 6.48. The molecule has 4 fully saturated rings. The first kappa shape index (κ1) is 30.4. The van der Waals surface area contributed by atoms with Gasteiger partial charge in [-0.05, 0) is 69.1 Å². The maximum absolute atomic E-state index is 13.5. The molecule has 1 aliphatic heterocycles. The fraction of sp³-hybridized carbons (Fsp3) is 0.852. The molecule has 2 bridgehead atoms. The minimum atomic E-state index is -0.763. The van der Waals surface area contributed by atoms with Gasteiger partial charge in [0.1, 0.15) is 11.8 Å². The van der Waals surface area contributed by atoms with E-state index in [2.05, 4.69) is 55.9 Å². The predicted octanol–water partition coefficient (Wildman–Crippen LogP) is 2.16. The molecule has 0 aromatic carbocycles. The molecule has 1 heterocycles. The lowest BCUT2D eigenvalue weighted by Gasteiger charge is -2.64. The van der Waals surface area contributed by atoms with Gasteiger partial charge < -0.3 is 35.4 Å². The number of nitrogens with one attached hydrogen (secondary N) is 5. The van der Waals surface area contributed by atoms with Crippen LogP contribution in [-0.2, 0) is 23.7 Å². The topological polar surface area (TPSA) is 142 Å². The molecule has 5 N–H and O–H groups in total. The second-order valence-electron chi connectivity index (χ2n) is 12.6. The molecule has 4 aliphatic rings. The van der Waals surface area contributed by atoms with Gasteiger partial charge in [0, 0.05) is 26.4 Å². The lowest BCUT2D eigenvalue weighted by molar-refractivity contribution is -0.199. The third-order valence-corrected chi connectivity index (χ3v) is 8.93. The average Bonchev–Trinajstić information content (AvgIpc) is 3.20. The Morgan fingerprint density at radius 1 is 1.11 bits per heavy atom. The van der Waals surface area contributed by atoms with E-state index in [0.29, 0.717) is 43.6 Å². The first-order valence-corrected chi connectivity index (χ1v) is 14.2. The van der Waals surface area contributed by atoms with E-state index < -0.39 is 13.2 Å². The molecule has 1 saturated heterocycles. The van der Waals surface area contributed by atoms with Crippen LogP contribution in [-0.4, -0.2) is 68.0 Å². The van der Waals surface area contributed by atoms with Gasteiger partial charge in [-0.3, -0.25) is 15.0 Å². The molecule has 0 aromatic rings. The summed E-state index contributed by atoms with van der Waals surface area (Å²) in [7, 11) is 1.11. The number of rotatable bonds is 13. The number of ketones is 1. The summed E-state index contributed by atoms with van der Waals surface area (Å²) in [5, 5.41) is 19.3. The van der Waals surface area contributed by atoms with Crippen LogP contribution in [0.2, 0.25) is 0 Å². The Morgan fingerprint density at radius 3 is 2.42 bits per heavy atom. The van der Waals surface area contributed by atoms with E-state index in [1.54, 1.807) is 7.05 Å². The average molecular weight is 534 g/mol. The van der Waals surface area contributed by atoms with E-state index in [9.17, 15) is 14.4 Å². The van der Waals surface area contributed by atoms with Crippen LogP contribution in [0, 0.1) is 28.6 Å². The number of amides is 2. The molecular weight excluding hydrogens is 485 g/mol. The standard InChI is InChI=1S/C27H48BN5O5/c1-16(2)13-22(28-37-21-15-18-14-20(26(18,4)5)27(21,6)38-28)33-24(36)19(9-8-12-31-25(29)30-7)32-23(35)11-10-17(3)34/h16,18-22H,8-15H2,1-7H3,(H,32,35)(H,33,36)(H3,29,30,31)/t18-,19-,20-,21+,22-,27-/m0/s1. The van der Waals surface area contributed by atoms with Gasteiger partial charge in [0.25, 0.3) is 0 Å². The summed E-state index contributed by atoms with van der Waals surface area (Å²) in [5.41, 5.74) is -0.139. The van der Waals surface area contributed by atoms with Crippen LogP contribution in [0.3, 0.4) is 0 Å². The maximum atomic E-state index is 13.5. The number of hydrogen-bond acceptors (Lipinski definition) is 6. The van der Waals surface area contributed by atoms with Crippen molar-refractivity contribution in [2.75, 3.05) is 13.6 Å². The fourth-order valence-corrected chi connectivity index (χ4v) is 6.53. The number of hydrogen-bond donors (Lipinski definition) is 5. The van der Waals surface area contributed by atoms with Crippen molar-refractivity contribution in [2.24, 2.45) is 23.2 Å². The van der Waals surface area contributed by atoms with E-state index in [4.69, 9.17) is 14.7 Å². The zero-order chi connectivity index (χ0) is 28.3. The van der Waals surface area contributed by atoms with Crippen LogP contribution in [0.1, 0.15) is 86.5 Å². The van der Waals surface area contributed by atoms with Crippen molar-refractivity contribution in [1.29, 1.82) is 5.41 Å². The number of carbonyl (C=O) groups is 3. The molecule has 3 aliphatic carbocycles. The lowest BCUT2D eigenvalue weighted by atomic mass is 9.43. The van der Waals surface area contributed by atoms with Crippen LogP contribution in [0.4, 0.5) is 0 Å². The van der Waals surface area contributed by atoms with Crippen molar-refractivity contribution in [2.45, 2.75) is 110 Å². The van der Waals surface area contributed by atoms with E-state index in [-0.39, 0.29) is 59.5 Å². The summed E-state index contributed by atoms with van der Waals surface area (Å²) in [6.07, 6.45) is 3.98. The molecule has 0 spiro atoms. The molecule has 0 unspecified atom stereocenters. The fourth-order valence-electron chi connectivity index (χ4n) is 6.53. The molecule has 38 heavy (non-hydrogen) atoms. The molecule has 0 radical (unpaired) electrons. The zero-order valence-electron chi connectivity index (χ0n) is 24.2. The minimum absolute atomic E-state index is 0.0199. The van der Waals surface area contributed by atoms with Gasteiger partial charge in [0.2, 0.25) is 11.8 Å². The zero-order valence-corrected chi connectivity index (χ0v) is 24.2. The van der Waals surface area contributed by atoms with Crippen LogP contribution < -0.4 is 21.3 Å². The van der Waals surface area contributed by atoms with Gasteiger partial charge >= 0.3 is 7.12 Å². The van der Waals surface area contributed by atoms with E-state index in [1.165, 1.54) is 6.92 Å². The third-order valence-electron chi connectivity index (χ3n) is 8.93. The Hall–Kier alpha value is -2.14. The molecule has 3 saturated carbocycles. The van der Waals surface area contributed by atoms with Crippen molar-refractivity contribution in [1.82, 2.24) is 21.3 Å². The Kier molecular flexibility index (Phi) is 9.89. The van der Waals surface area contributed by atoms with Crippen LogP contribution in [0.5, 0.6) is 0 Å². The summed E-state index contributed by atoms with van der Waals surface area (Å²) >= 11 is 0. The van der Waals surface area contributed by atoms with Gasteiger partial charge in [-0.15, -0.1) is 0 Å². The summed E-state index contributed by atoms with van der Waals surface area (Å²) in [6.45, 7) is 12.9. The molecule has 10 nitrogen and oxygen atoms in total. The van der Waals surface area contributed by atoms with Crippen LogP contribution in [0.15, 0.2) is 0 Å². The van der Waals surface area contributed by atoms with Crippen molar-refractivity contribution in [3.63, 3.8) is 0 Å². The number of carbonyl (C=O) groups excluding carboxylic acids is 3. The summed E-state index contributed by atoms with van der Waals surface area (Å²) in [4.78, 5) is 37.4. The smallest absolute Gasteiger partial charge is 0.404 e. The summed E-state index contributed by atoms with van der Waals surface area (Å²) < 4.78 is 13.2. The van der Waals surface area contributed by atoms with Gasteiger partial charge in [0.15, 0.2) is 5.96 Å². The Morgan fingerprint density at radius 2 is 1.82 bits per heavy atom. The second-order valence-corrected chi connectivity index (χ2v) is 12.6. The maximum Gasteiger partial charge on any atom is 0.481 e. The van der Waals surface area contributed by atoms with Crippen molar-refractivity contribution < 1.29 is 23.7 Å². The largest absolute Gasteiger partial charge is 0.481 e. The molecular formula is C27H48BN5O5. The predicted molar refractivity (Wildman–Crippen MR) is 147 cm³/mol. The Balaban J connectivity index is 1.68. The molecule has 2 amide bonds. The molecule has 0 aromatic heterocycles. The van der Waals surface area contributed by atoms with Gasteiger partial charge in [-0.1, -0.05) is 27.7 Å². The van der Waals surface area contributed by atoms with E-state index >= 15 is 0 Å². The number of guanidine groups is 1. The second kappa shape index (κ2) is 12.4. The van der Waals surface area contributed by atoms with Crippen molar-refractivity contribution in [3.05, 3.63) is 0 Å². The number of Topliss-reactive ketones (excluding diaryl/α,β-unsaturated/α-hetero) is 1. The molecule has 6 atom stereocenters. The first-order chi connectivity index (χ1) is 17.8. The molecule has 214 valence electrons. The quantitative estimate of drug-likeness (QED) is 0.106. The van der Waals surface area contributed by atoms with Crippen LogP contribution >= 0.6 is 0 Å². The summed E-state index contributed by atoms with van der Waals surface area (Å²) in [5.74, 6) is 0.526. The van der Waals surface area contributed by atoms with Gasteiger partial charge in [-0.2, -0.15) is 0 Å². The first-order valence-electron chi connectivity index (χ1n) is 14.2. The Bertz CT molecular complexity index is 899. The van der Waals surface area contributed by atoms with Crippen LogP contribution in [0.25, 0.3) is 0 Å². The lowest BCUT2D eigenvalue weighted by Crippen LogP contribution is -2.65. The van der Waals surface area contributed by atoms with E-state index in [1.807, 2.05) is 0 Å². The minimum Gasteiger partial charge on any atom is -0.404 e. The third kappa shape index (κ3) is 6.89. The highest BCUT2D eigenvalue weighted by atomic mass is 16.7. The van der Waals surface area contributed by atoms with Gasteiger partial charge in [-0.25, -0.2) is 0 Å². The normalized spacial score (nSPS) is 28.5. The van der Waals surface area contributed by atoms with E-state index in [0.717, 1.165) is 12.8 Å². The molecule has 4 rings (SSSR count). The van der Waals surface area contributed by atoms with Crippen molar-refractivity contribution in [3.8, 4) is 0 Å². The highest BCUT2D eigenvalue weighted by Crippen LogP contribution is 2.65. The SMILES string of the molecule is CNC(=N)NCCC[C@H](NC(=O)CCC(C)=O)C(=O)N[C@@H](CC(C)C)B1O[C@@H]2C[C@@H]3C[C@@H](C3(C)C)[C@]2(C)O1. The van der Waals surface area contributed by atoms with Gasteiger partial charge in [0.05, 0.1) is 17.6 Å². The Labute approximate surface area is 228 Å². The summed E-state index contributed by atoms with van der Waals surface area (Å²) in [6, 6.07) is -0.763. The monoisotopic (exact) mass is 533 g/mol.